The number of likely N-dealkylation sites (N-methyl/N-ethyl adjacent to an activating group) is 1. The van der Waals surface area contributed by atoms with Crippen LogP contribution in [0.25, 0.3) is 0 Å². The van der Waals surface area contributed by atoms with Gasteiger partial charge in [-0.25, -0.2) is 0 Å². The van der Waals surface area contributed by atoms with Gasteiger partial charge in [-0.05, 0) is 6.42 Å². The third-order valence-electron chi connectivity index (χ3n) is 3.29. The Hall–Kier alpha value is 1.02. The minimum atomic E-state index is -5.39. The van der Waals surface area contributed by atoms with Crippen molar-refractivity contribution >= 4 is 19.8 Å². The molecule has 7 nitrogen and oxygen atoms in total. The summed E-state index contributed by atoms with van der Waals surface area (Å²) in [7, 11) is -3.88. The zero-order valence-corrected chi connectivity index (χ0v) is 21.4. The van der Waals surface area contributed by atoms with Gasteiger partial charge in [0.05, 0.1) is 12.5 Å². The minimum absolute atomic E-state index is 0. The average molecular weight is 415 g/mol. The Kier molecular flexibility index (Phi) is 29.6. The SMILES string of the molecule is CCCCCCCCCCCC(=O)N(C)CC(=O)[O-].O=P([O-])(O)F.[Na+].[Na+]. The predicted molar refractivity (Wildman–Crippen MR) is 85.4 cm³/mol. The van der Waals surface area contributed by atoms with Gasteiger partial charge in [0.2, 0.25) is 5.91 Å². The van der Waals surface area contributed by atoms with Crippen LogP contribution in [0.1, 0.15) is 71.1 Å². The maximum absolute atomic E-state index is 11.5. The molecule has 0 spiro atoms. The molecule has 0 bridgehead atoms. The Morgan fingerprint density at radius 2 is 1.35 bits per heavy atom. The molecule has 144 valence electrons. The van der Waals surface area contributed by atoms with E-state index in [1.165, 1.54) is 56.9 Å². The van der Waals surface area contributed by atoms with Crippen molar-refractivity contribution in [1.29, 1.82) is 0 Å². The van der Waals surface area contributed by atoms with Crippen molar-refractivity contribution in [2.45, 2.75) is 71.1 Å². The number of hydrogen-bond acceptors (Lipinski definition) is 5. The van der Waals surface area contributed by atoms with Gasteiger partial charge in [-0.15, -0.1) is 0 Å². The first kappa shape index (κ1) is 34.5. The van der Waals surface area contributed by atoms with Crippen molar-refractivity contribution in [2.24, 2.45) is 0 Å². The van der Waals surface area contributed by atoms with Gasteiger partial charge >= 0.3 is 67.0 Å². The molecule has 0 aliphatic carbocycles. The van der Waals surface area contributed by atoms with Crippen LogP contribution in [-0.2, 0) is 14.2 Å². The largest absolute Gasteiger partial charge is 1.00 e. The maximum atomic E-state index is 11.5. The molecule has 0 rings (SSSR count). The van der Waals surface area contributed by atoms with Crippen LogP contribution in [0, 0.1) is 0 Å². The third kappa shape index (κ3) is 36.0. The average Bonchev–Trinajstić information content (AvgIpc) is 2.42. The van der Waals surface area contributed by atoms with Gasteiger partial charge in [0.1, 0.15) is 0 Å². The van der Waals surface area contributed by atoms with E-state index in [0.29, 0.717) is 6.42 Å². The van der Waals surface area contributed by atoms with E-state index in [1.54, 1.807) is 0 Å². The van der Waals surface area contributed by atoms with Crippen LogP contribution in [0.2, 0.25) is 0 Å². The molecule has 0 radical (unpaired) electrons. The number of carbonyl (C=O) groups excluding carboxylic acids is 2. The van der Waals surface area contributed by atoms with E-state index >= 15 is 0 Å². The second kappa shape index (κ2) is 22.3. The Morgan fingerprint density at radius 3 is 1.69 bits per heavy atom. The summed E-state index contributed by atoms with van der Waals surface area (Å²) in [6, 6.07) is 0. The Bertz CT molecular complexity index is 390. The summed E-state index contributed by atoms with van der Waals surface area (Å²) in [6.45, 7) is 1.91. The van der Waals surface area contributed by atoms with E-state index < -0.39 is 13.9 Å². The number of amides is 1. The second-order valence-electron chi connectivity index (χ2n) is 5.65. The van der Waals surface area contributed by atoms with E-state index in [1.807, 2.05) is 0 Å². The summed E-state index contributed by atoms with van der Waals surface area (Å²) < 4.78 is 18.8. The molecule has 0 saturated carbocycles. The van der Waals surface area contributed by atoms with Gasteiger partial charge in [0.15, 0.2) is 0 Å². The Balaban J connectivity index is -0.000000304. The first-order valence-electron chi connectivity index (χ1n) is 8.25. The van der Waals surface area contributed by atoms with Crippen LogP contribution in [0.3, 0.4) is 0 Å². The van der Waals surface area contributed by atoms with Gasteiger partial charge in [-0.3, -0.25) is 9.36 Å². The number of nitrogens with zero attached hydrogens (tertiary/aromatic N) is 1. The fraction of sp³-hybridized carbons (Fsp3) is 0.867. The van der Waals surface area contributed by atoms with Crippen LogP contribution in [0.4, 0.5) is 4.20 Å². The number of carboxylic acid groups (broad SMARTS) is 1. The van der Waals surface area contributed by atoms with Gasteiger partial charge < -0.3 is 24.6 Å². The van der Waals surface area contributed by atoms with E-state index in [2.05, 4.69) is 6.92 Å². The zero-order chi connectivity index (χ0) is 19.0. The molecule has 1 atom stereocenters. The van der Waals surface area contributed by atoms with Crippen molar-refractivity contribution in [3.8, 4) is 0 Å². The summed E-state index contributed by atoms with van der Waals surface area (Å²) in [5.74, 6) is -1.31. The molecule has 0 fully saturated rings. The molecular formula is C15H29FNNa2O6P. The maximum Gasteiger partial charge on any atom is 1.00 e. The van der Waals surface area contributed by atoms with E-state index in [0.717, 1.165) is 12.8 Å². The number of carboxylic acids is 1. The molecule has 0 aliphatic rings. The zero-order valence-electron chi connectivity index (χ0n) is 16.5. The van der Waals surface area contributed by atoms with Crippen LogP contribution in [-0.4, -0.2) is 35.3 Å². The van der Waals surface area contributed by atoms with E-state index in [4.69, 9.17) is 14.4 Å². The molecule has 11 heteroatoms. The number of hydrogen-bond donors (Lipinski definition) is 1. The third-order valence-corrected chi connectivity index (χ3v) is 3.29. The molecule has 0 aromatic rings. The summed E-state index contributed by atoms with van der Waals surface area (Å²) in [6.07, 6.45) is 11.3. The molecule has 1 amide bonds. The van der Waals surface area contributed by atoms with E-state index in [-0.39, 0.29) is 71.6 Å². The normalized spacial score (nSPS) is 11.7. The quantitative estimate of drug-likeness (QED) is 0.195. The van der Waals surface area contributed by atoms with Gasteiger partial charge in [-0.1, -0.05) is 58.3 Å². The molecule has 0 aromatic carbocycles. The molecular weight excluding hydrogens is 386 g/mol. The van der Waals surface area contributed by atoms with Crippen molar-refractivity contribution in [2.75, 3.05) is 13.6 Å². The molecule has 0 aliphatic heterocycles. The van der Waals surface area contributed by atoms with Crippen molar-refractivity contribution in [1.82, 2.24) is 4.90 Å². The smallest absolute Gasteiger partial charge is 0.753 e. The molecule has 1 N–H and O–H groups in total. The van der Waals surface area contributed by atoms with Gasteiger partial charge in [0, 0.05) is 13.5 Å². The number of halogens is 1. The second-order valence-corrected chi connectivity index (χ2v) is 6.55. The van der Waals surface area contributed by atoms with Crippen LogP contribution in [0.15, 0.2) is 0 Å². The summed E-state index contributed by atoms with van der Waals surface area (Å²) in [5, 5.41) is 10.3. The molecule has 0 saturated heterocycles. The van der Waals surface area contributed by atoms with Crippen molar-refractivity contribution in [3.05, 3.63) is 0 Å². The Morgan fingerprint density at radius 1 is 1.00 bits per heavy atom. The molecule has 0 aromatic heterocycles. The summed E-state index contributed by atoms with van der Waals surface area (Å²) in [4.78, 5) is 38.5. The van der Waals surface area contributed by atoms with Crippen LogP contribution >= 0.6 is 7.91 Å². The number of unbranched alkanes of at least 4 members (excludes halogenated alkanes) is 8. The minimum Gasteiger partial charge on any atom is -0.753 e. The molecule has 1 unspecified atom stereocenters. The number of aliphatic carboxylic acids is 1. The summed E-state index contributed by atoms with van der Waals surface area (Å²) >= 11 is 0. The molecule has 26 heavy (non-hydrogen) atoms. The first-order valence-corrected chi connectivity index (χ1v) is 9.72. The fourth-order valence-electron chi connectivity index (χ4n) is 2.06. The van der Waals surface area contributed by atoms with Gasteiger partial charge in [0.25, 0.3) is 0 Å². The first-order chi connectivity index (χ1) is 11.1. The summed E-state index contributed by atoms with van der Waals surface area (Å²) in [5.41, 5.74) is 0. The van der Waals surface area contributed by atoms with Crippen molar-refractivity contribution < 1.29 is 92.4 Å². The van der Waals surface area contributed by atoms with Crippen molar-refractivity contribution in [3.63, 3.8) is 0 Å². The van der Waals surface area contributed by atoms with Gasteiger partial charge in [-0.2, -0.15) is 4.20 Å². The van der Waals surface area contributed by atoms with E-state index in [9.17, 15) is 18.9 Å². The monoisotopic (exact) mass is 415 g/mol. The topological polar surface area (TPSA) is 121 Å². The Labute approximate surface area is 200 Å². The fourth-order valence-corrected chi connectivity index (χ4v) is 2.06. The number of carbonyl (C=O) groups is 2. The predicted octanol–water partition coefficient (Wildman–Crippen LogP) is -4.46. The van der Waals surface area contributed by atoms with Crippen LogP contribution < -0.4 is 69.1 Å². The molecule has 0 heterocycles. The standard InChI is InChI=1S/C15H29NO3.FH2O3P.2Na/c1-3-4-5-6-7-8-9-10-11-12-14(17)16(2)13-15(18)19;1-5(2,3)4;;/h3-13H2,1-2H3,(H,18,19);(H2,2,3,4);;/q;;2*+1/p-2. The number of rotatable bonds is 12. The van der Waals surface area contributed by atoms with Crippen LogP contribution in [0.5, 0.6) is 0 Å².